The van der Waals surface area contributed by atoms with Crippen LogP contribution >= 0.6 is 0 Å². The van der Waals surface area contributed by atoms with Crippen molar-refractivity contribution in [3.05, 3.63) is 25.3 Å². The largest absolute Gasteiger partial charge is 0.480 e. The lowest BCUT2D eigenvalue weighted by Crippen LogP contribution is -2.32. The summed E-state index contributed by atoms with van der Waals surface area (Å²) in [7, 11) is 0. The molecule has 2 aliphatic carbocycles. The molecule has 0 aromatic carbocycles. The number of allylic oxidation sites excluding steroid dienone is 2. The minimum Gasteiger partial charge on any atom is -0.480 e. The van der Waals surface area contributed by atoms with Crippen molar-refractivity contribution in [1.82, 2.24) is 0 Å². The number of hydrogen-bond acceptors (Lipinski definition) is 10. The molecule has 2 rings (SSSR count). The second-order valence-electron chi connectivity index (χ2n) is 7.09. The van der Waals surface area contributed by atoms with Gasteiger partial charge in [0.15, 0.2) is 10.8 Å². The SMILES string of the molecule is C=CC1CC1(C(=O)O)C(=O)OCC.C=CC1CC1(C(=O)OCC)C(=O)OCCO.OCCO. The van der Waals surface area contributed by atoms with Crippen LogP contribution < -0.4 is 0 Å². The second-order valence-corrected chi connectivity index (χ2v) is 7.09. The van der Waals surface area contributed by atoms with Crippen molar-refractivity contribution in [2.45, 2.75) is 26.7 Å². The molecule has 2 saturated carbocycles. The van der Waals surface area contributed by atoms with E-state index in [2.05, 4.69) is 13.2 Å². The number of aliphatic hydroxyl groups excluding tert-OH is 3. The molecular weight excluding hydrogens is 440 g/mol. The van der Waals surface area contributed by atoms with Gasteiger partial charge in [0.2, 0.25) is 0 Å². The van der Waals surface area contributed by atoms with Gasteiger partial charge in [-0.2, -0.15) is 0 Å². The Labute approximate surface area is 192 Å². The van der Waals surface area contributed by atoms with Gasteiger partial charge in [0, 0.05) is 11.8 Å². The minimum absolute atomic E-state index is 0.107. The zero-order valence-corrected chi connectivity index (χ0v) is 19.0. The summed E-state index contributed by atoms with van der Waals surface area (Å²) in [6.07, 6.45) is 3.73. The molecule has 11 nitrogen and oxygen atoms in total. The van der Waals surface area contributed by atoms with Crippen LogP contribution in [0.25, 0.3) is 0 Å². The van der Waals surface area contributed by atoms with E-state index >= 15 is 0 Å². The third-order valence-corrected chi connectivity index (χ3v) is 5.05. The molecular formula is C22H34O11. The van der Waals surface area contributed by atoms with Gasteiger partial charge in [0.1, 0.15) is 6.61 Å². The zero-order valence-electron chi connectivity index (χ0n) is 19.0. The van der Waals surface area contributed by atoms with Gasteiger partial charge in [-0.15, -0.1) is 13.2 Å². The molecule has 0 aliphatic heterocycles. The first-order valence-electron chi connectivity index (χ1n) is 10.5. The molecule has 0 amide bonds. The molecule has 4 atom stereocenters. The van der Waals surface area contributed by atoms with E-state index in [1.165, 1.54) is 6.08 Å². The van der Waals surface area contributed by atoms with Crippen molar-refractivity contribution in [2.24, 2.45) is 22.7 Å². The molecule has 0 aromatic rings. The Balaban J connectivity index is 0.000000542. The van der Waals surface area contributed by atoms with Crippen LogP contribution in [-0.4, -0.2) is 83.9 Å². The molecule has 0 bridgehead atoms. The first-order valence-corrected chi connectivity index (χ1v) is 10.5. The van der Waals surface area contributed by atoms with Gasteiger partial charge in [0.25, 0.3) is 0 Å². The van der Waals surface area contributed by atoms with Crippen LogP contribution in [0.5, 0.6) is 0 Å². The van der Waals surface area contributed by atoms with E-state index < -0.39 is 34.7 Å². The minimum atomic E-state index is -1.34. The number of aliphatic carboxylic acids is 1. The van der Waals surface area contributed by atoms with Crippen LogP contribution in [0.15, 0.2) is 25.3 Å². The number of carboxylic acid groups (broad SMARTS) is 1. The third kappa shape index (κ3) is 7.37. The number of carbonyl (C=O) groups is 4. The zero-order chi connectivity index (χ0) is 25.7. The summed E-state index contributed by atoms with van der Waals surface area (Å²) < 4.78 is 14.3. The van der Waals surface area contributed by atoms with Crippen LogP contribution in [0.1, 0.15) is 26.7 Å². The fraction of sp³-hybridized carbons (Fsp3) is 0.636. The van der Waals surface area contributed by atoms with Gasteiger partial charge < -0.3 is 34.6 Å². The second kappa shape index (κ2) is 14.4. The van der Waals surface area contributed by atoms with Crippen LogP contribution in [0, 0.1) is 22.7 Å². The molecule has 0 heterocycles. The van der Waals surface area contributed by atoms with Crippen molar-refractivity contribution in [1.29, 1.82) is 0 Å². The summed E-state index contributed by atoms with van der Waals surface area (Å²) in [6, 6.07) is 0. The molecule has 2 aliphatic rings. The maximum absolute atomic E-state index is 11.7. The van der Waals surface area contributed by atoms with Crippen LogP contribution in [0.2, 0.25) is 0 Å². The van der Waals surface area contributed by atoms with Crippen LogP contribution in [0.4, 0.5) is 0 Å². The molecule has 0 radical (unpaired) electrons. The molecule has 188 valence electrons. The number of rotatable bonds is 11. The Morgan fingerprint density at radius 2 is 1.18 bits per heavy atom. The predicted octanol–water partition coefficient (Wildman–Crippen LogP) is 0.0747. The highest BCUT2D eigenvalue weighted by Gasteiger charge is 2.67. The Morgan fingerprint density at radius 1 is 0.788 bits per heavy atom. The quantitative estimate of drug-likeness (QED) is 0.138. The monoisotopic (exact) mass is 474 g/mol. The van der Waals surface area contributed by atoms with Gasteiger partial charge in [-0.3, -0.25) is 19.2 Å². The van der Waals surface area contributed by atoms with Gasteiger partial charge in [-0.05, 0) is 26.7 Å². The lowest BCUT2D eigenvalue weighted by molar-refractivity contribution is -0.166. The Morgan fingerprint density at radius 3 is 1.48 bits per heavy atom. The summed E-state index contributed by atoms with van der Waals surface area (Å²) in [6.45, 7) is 10.2. The summed E-state index contributed by atoms with van der Waals surface area (Å²) in [4.78, 5) is 45.5. The van der Waals surface area contributed by atoms with Gasteiger partial charge in [0.05, 0.1) is 33.0 Å². The van der Waals surface area contributed by atoms with E-state index in [1.54, 1.807) is 19.9 Å². The highest BCUT2D eigenvalue weighted by Crippen LogP contribution is 2.55. The molecule has 0 saturated heterocycles. The lowest BCUT2D eigenvalue weighted by Gasteiger charge is -2.13. The molecule has 4 N–H and O–H groups in total. The van der Waals surface area contributed by atoms with Crippen molar-refractivity contribution in [3.8, 4) is 0 Å². The highest BCUT2D eigenvalue weighted by atomic mass is 16.6. The van der Waals surface area contributed by atoms with E-state index in [0.29, 0.717) is 12.8 Å². The number of ether oxygens (including phenoxy) is 3. The smallest absolute Gasteiger partial charge is 0.324 e. The first kappa shape index (κ1) is 30.2. The van der Waals surface area contributed by atoms with Crippen molar-refractivity contribution in [2.75, 3.05) is 39.6 Å². The topological polar surface area (TPSA) is 177 Å². The van der Waals surface area contributed by atoms with Crippen LogP contribution in [0.3, 0.4) is 0 Å². The number of hydrogen-bond donors (Lipinski definition) is 4. The first-order chi connectivity index (χ1) is 15.6. The Kier molecular flexibility index (Phi) is 13.2. The molecule has 33 heavy (non-hydrogen) atoms. The van der Waals surface area contributed by atoms with Crippen molar-refractivity contribution in [3.63, 3.8) is 0 Å². The standard InChI is InChI=1S/C11H16O5.C9H12O4.C2H6O2/c1-3-8-7-11(8,9(13)15-4-2)10(14)16-6-5-12;1-3-6-5-9(6,7(10)11)8(12)13-4-2;3-1-2-4/h3,8,12H,1,4-7H2,2H3;3,6H,1,4-5H2,2H3,(H,10,11);3-4H,1-2H2. The van der Waals surface area contributed by atoms with Gasteiger partial charge in [-0.25, -0.2) is 0 Å². The summed E-state index contributed by atoms with van der Waals surface area (Å²) in [5.41, 5.74) is -2.55. The van der Waals surface area contributed by atoms with Gasteiger partial charge >= 0.3 is 23.9 Å². The fourth-order valence-corrected chi connectivity index (χ4v) is 3.05. The highest BCUT2D eigenvalue weighted by molar-refractivity contribution is 6.04. The van der Waals surface area contributed by atoms with E-state index in [4.69, 9.17) is 34.6 Å². The molecule has 4 unspecified atom stereocenters. The average Bonchev–Trinajstić information content (AvgIpc) is 3.71. The fourth-order valence-electron chi connectivity index (χ4n) is 3.05. The third-order valence-electron chi connectivity index (χ3n) is 5.05. The van der Waals surface area contributed by atoms with Crippen molar-refractivity contribution < 1.29 is 53.8 Å². The Bertz CT molecular complexity index is 702. The summed E-state index contributed by atoms with van der Waals surface area (Å²) in [5, 5.41) is 32.7. The van der Waals surface area contributed by atoms with Gasteiger partial charge in [-0.1, -0.05) is 12.2 Å². The Hall–Kier alpha value is -2.76. The molecule has 0 spiro atoms. The number of esters is 3. The molecule has 2 fully saturated rings. The number of carbonyl (C=O) groups excluding carboxylic acids is 3. The molecule has 11 heteroatoms. The number of carboxylic acids is 1. The van der Waals surface area contributed by atoms with Crippen LogP contribution in [-0.2, 0) is 33.4 Å². The van der Waals surface area contributed by atoms with E-state index in [9.17, 15) is 19.2 Å². The average molecular weight is 475 g/mol. The van der Waals surface area contributed by atoms with E-state index in [-0.39, 0.29) is 51.5 Å². The normalized spacial score (nSPS) is 26.1. The van der Waals surface area contributed by atoms with E-state index in [0.717, 1.165) is 0 Å². The molecule has 0 aromatic heterocycles. The number of aliphatic hydroxyl groups is 3. The van der Waals surface area contributed by atoms with E-state index in [1.807, 2.05) is 0 Å². The summed E-state index contributed by atoms with van der Waals surface area (Å²) >= 11 is 0. The lowest BCUT2D eigenvalue weighted by atomic mass is 10.0. The maximum atomic E-state index is 11.7. The maximum Gasteiger partial charge on any atom is 0.324 e. The predicted molar refractivity (Wildman–Crippen MR) is 115 cm³/mol. The summed E-state index contributed by atoms with van der Waals surface area (Å²) in [5.74, 6) is -3.46. The van der Waals surface area contributed by atoms with Crippen molar-refractivity contribution >= 4 is 23.9 Å².